The molecular formula is C7H10BrNO2. The third-order valence-corrected chi connectivity index (χ3v) is 2.47. The van der Waals surface area contributed by atoms with Crippen molar-refractivity contribution in [2.75, 3.05) is 18.4 Å². The van der Waals surface area contributed by atoms with Crippen molar-refractivity contribution < 1.29 is 9.90 Å². The summed E-state index contributed by atoms with van der Waals surface area (Å²) in [7, 11) is 0. The van der Waals surface area contributed by atoms with Gasteiger partial charge in [-0.3, -0.25) is 0 Å². The molecule has 0 atom stereocenters. The van der Waals surface area contributed by atoms with Gasteiger partial charge < -0.3 is 10.0 Å². The lowest BCUT2D eigenvalue weighted by molar-refractivity contribution is 0.149. The minimum atomic E-state index is -0.824. The Balaban J connectivity index is 2.47. The molecule has 3 nitrogen and oxygen atoms in total. The summed E-state index contributed by atoms with van der Waals surface area (Å²) in [6.45, 7) is 1.17. The summed E-state index contributed by atoms with van der Waals surface area (Å²) in [5, 5.41) is 9.44. The van der Waals surface area contributed by atoms with E-state index in [2.05, 4.69) is 15.9 Å². The van der Waals surface area contributed by atoms with Gasteiger partial charge in [0.05, 0.1) is 0 Å². The Hall–Kier alpha value is -0.510. The zero-order valence-corrected chi connectivity index (χ0v) is 7.67. The van der Waals surface area contributed by atoms with E-state index in [1.165, 1.54) is 10.5 Å². The summed E-state index contributed by atoms with van der Waals surface area (Å²) in [6, 6.07) is 0. The molecule has 0 aliphatic carbocycles. The number of carbonyl (C=O) groups is 1. The van der Waals surface area contributed by atoms with Crippen molar-refractivity contribution in [2.24, 2.45) is 0 Å². The number of hydrogen-bond donors (Lipinski definition) is 1. The van der Waals surface area contributed by atoms with Crippen molar-refractivity contribution in [1.29, 1.82) is 0 Å². The maximum atomic E-state index is 10.4. The number of hydrogen-bond acceptors (Lipinski definition) is 1. The molecule has 1 aliphatic rings. The van der Waals surface area contributed by atoms with Crippen LogP contribution in [0.5, 0.6) is 0 Å². The van der Waals surface area contributed by atoms with E-state index >= 15 is 0 Å². The molecule has 0 aromatic carbocycles. The first-order chi connectivity index (χ1) is 5.24. The highest BCUT2D eigenvalue weighted by atomic mass is 79.9. The molecule has 0 radical (unpaired) electrons. The second kappa shape index (κ2) is 3.76. The highest BCUT2D eigenvalue weighted by molar-refractivity contribution is 9.09. The monoisotopic (exact) mass is 219 g/mol. The quantitative estimate of drug-likeness (QED) is 0.539. The molecule has 0 bridgehead atoms. The van der Waals surface area contributed by atoms with Gasteiger partial charge in [-0.1, -0.05) is 27.6 Å². The van der Waals surface area contributed by atoms with Gasteiger partial charge in [0.1, 0.15) is 0 Å². The molecule has 1 aliphatic heterocycles. The molecule has 0 saturated heterocycles. The van der Waals surface area contributed by atoms with Crippen molar-refractivity contribution in [3.05, 3.63) is 11.6 Å². The van der Waals surface area contributed by atoms with Gasteiger partial charge in [-0.05, 0) is 6.42 Å². The third-order valence-electron chi connectivity index (χ3n) is 1.75. The Morgan fingerprint density at radius 3 is 2.91 bits per heavy atom. The molecule has 4 heteroatoms. The van der Waals surface area contributed by atoms with Gasteiger partial charge >= 0.3 is 6.09 Å². The lowest BCUT2D eigenvalue weighted by Gasteiger charge is -2.22. The molecular weight excluding hydrogens is 210 g/mol. The molecule has 0 aromatic heterocycles. The zero-order chi connectivity index (χ0) is 8.27. The fourth-order valence-corrected chi connectivity index (χ4v) is 1.52. The van der Waals surface area contributed by atoms with Gasteiger partial charge in [0, 0.05) is 18.4 Å². The maximum absolute atomic E-state index is 10.4. The molecule has 11 heavy (non-hydrogen) atoms. The molecule has 0 aromatic rings. The maximum Gasteiger partial charge on any atom is 0.407 e. The highest BCUT2D eigenvalue weighted by Crippen LogP contribution is 2.12. The second-order valence-corrected chi connectivity index (χ2v) is 3.04. The van der Waals surface area contributed by atoms with Gasteiger partial charge in [-0.25, -0.2) is 4.79 Å². The van der Waals surface area contributed by atoms with Crippen LogP contribution in [0.15, 0.2) is 11.6 Å². The lowest BCUT2D eigenvalue weighted by Crippen LogP contribution is -2.33. The van der Waals surface area contributed by atoms with Crippen molar-refractivity contribution >= 4 is 22.0 Å². The van der Waals surface area contributed by atoms with E-state index in [-0.39, 0.29) is 0 Å². The summed E-state index contributed by atoms with van der Waals surface area (Å²) in [6.07, 6.45) is 2.00. The fourth-order valence-electron chi connectivity index (χ4n) is 1.01. The zero-order valence-electron chi connectivity index (χ0n) is 6.09. The Kier molecular flexibility index (Phi) is 2.93. The molecule has 1 N–H and O–H groups in total. The van der Waals surface area contributed by atoms with E-state index in [0.717, 1.165) is 11.8 Å². The van der Waals surface area contributed by atoms with E-state index in [1.54, 1.807) is 0 Å². The Labute approximate surface area is 73.8 Å². The van der Waals surface area contributed by atoms with Crippen LogP contribution >= 0.6 is 15.9 Å². The van der Waals surface area contributed by atoms with E-state index < -0.39 is 6.09 Å². The first-order valence-corrected chi connectivity index (χ1v) is 4.58. The SMILES string of the molecule is O=C(O)N1CC=C(CBr)CC1. The van der Waals surface area contributed by atoms with E-state index in [0.29, 0.717) is 13.1 Å². The smallest absolute Gasteiger partial charge is 0.407 e. The van der Waals surface area contributed by atoms with Crippen LogP contribution < -0.4 is 0 Å². The molecule has 0 unspecified atom stereocenters. The number of nitrogens with zero attached hydrogens (tertiary/aromatic N) is 1. The minimum Gasteiger partial charge on any atom is -0.465 e. The van der Waals surface area contributed by atoms with Crippen LogP contribution in [0.3, 0.4) is 0 Å². The van der Waals surface area contributed by atoms with Gasteiger partial charge in [0.2, 0.25) is 0 Å². The first kappa shape index (κ1) is 8.59. The number of amides is 1. The summed E-state index contributed by atoms with van der Waals surface area (Å²) in [5.41, 5.74) is 1.29. The normalized spacial score (nSPS) is 17.9. The Morgan fingerprint density at radius 2 is 2.55 bits per heavy atom. The topological polar surface area (TPSA) is 40.5 Å². The largest absolute Gasteiger partial charge is 0.465 e. The number of carboxylic acid groups (broad SMARTS) is 1. The molecule has 0 saturated carbocycles. The van der Waals surface area contributed by atoms with E-state index in [9.17, 15) is 4.79 Å². The van der Waals surface area contributed by atoms with Crippen LogP contribution in [-0.4, -0.2) is 34.5 Å². The highest BCUT2D eigenvalue weighted by Gasteiger charge is 2.14. The molecule has 1 rings (SSSR count). The Bertz CT molecular complexity index is 191. The van der Waals surface area contributed by atoms with Crippen LogP contribution in [0.2, 0.25) is 0 Å². The second-order valence-electron chi connectivity index (χ2n) is 2.47. The molecule has 0 spiro atoms. The van der Waals surface area contributed by atoms with Crippen molar-refractivity contribution in [3.8, 4) is 0 Å². The van der Waals surface area contributed by atoms with Crippen LogP contribution in [0, 0.1) is 0 Å². The van der Waals surface area contributed by atoms with Crippen molar-refractivity contribution in [2.45, 2.75) is 6.42 Å². The number of rotatable bonds is 1. The summed E-state index contributed by atoms with van der Waals surface area (Å²) < 4.78 is 0. The lowest BCUT2D eigenvalue weighted by atomic mass is 10.1. The summed E-state index contributed by atoms with van der Waals surface area (Å²) >= 11 is 3.33. The van der Waals surface area contributed by atoms with Crippen LogP contribution in [0.4, 0.5) is 4.79 Å². The molecule has 0 fully saturated rings. The fraction of sp³-hybridized carbons (Fsp3) is 0.571. The standard InChI is InChI=1S/C7H10BrNO2/c8-5-6-1-3-9(4-2-6)7(10)11/h1H,2-5H2,(H,10,11). The summed E-state index contributed by atoms with van der Waals surface area (Å²) in [4.78, 5) is 11.8. The van der Waals surface area contributed by atoms with E-state index in [1.807, 2.05) is 6.08 Å². The van der Waals surface area contributed by atoms with Gasteiger partial charge in [-0.15, -0.1) is 0 Å². The average molecular weight is 220 g/mol. The van der Waals surface area contributed by atoms with Crippen molar-refractivity contribution in [1.82, 2.24) is 4.90 Å². The van der Waals surface area contributed by atoms with Gasteiger partial charge in [0.15, 0.2) is 0 Å². The predicted octanol–water partition coefficient (Wildman–Crippen LogP) is 1.69. The predicted molar refractivity (Wildman–Crippen MR) is 46.1 cm³/mol. The van der Waals surface area contributed by atoms with Crippen molar-refractivity contribution in [3.63, 3.8) is 0 Å². The summed E-state index contributed by atoms with van der Waals surface area (Å²) in [5.74, 6) is 0. The minimum absolute atomic E-state index is 0.538. The molecule has 62 valence electrons. The third kappa shape index (κ3) is 2.22. The van der Waals surface area contributed by atoms with Crippen LogP contribution in [0.25, 0.3) is 0 Å². The molecule has 1 heterocycles. The molecule has 1 amide bonds. The van der Waals surface area contributed by atoms with Crippen LogP contribution in [0.1, 0.15) is 6.42 Å². The van der Waals surface area contributed by atoms with E-state index in [4.69, 9.17) is 5.11 Å². The van der Waals surface area contributed by atoms with Crippen LogP contribution in [-0.2, 0) is 0 Å². The first-order valence-electron chi connectivity index (χ1n) is 3.46. The number of alkyl halides is 1. The average Bonchev–Trinajstić information content (AvgIpc) is 2.05. The Morgan fingerprint density at radius 1 is 1.82 bits per heavy atom. The van der Waals surface area contributed by atoms with Gasteiger partial charge in [-0.2, -0.15) is 0 Å². The number of halogens is 1. The van der Waals surface area contributed by atoms with Gasteiger partial charge in [0.25, 0.3) is 0 Å².